The zero-order chi connectivity index (χ0) is 20.2. The van der Waals surface area contributed by atoms with Gasteiger partial charge in [0.2, 0.25) is 10.0 Å². The molecule has 3 aromatic rings. The molecule has 0 fully saturated rings. The summed E-state index contributed by atoms with van der Waals surface area (Å²) < 4.78 is 59.3. The Balaban J connectivity index is 1.84. The number of rotatable bonds is 9. The van der Waals surface area contributed by atoms with Gasteiger partial charge in [-0.1, -0.05) is 12.1 Å². The number of nitrogens with one attached hydrogen (secondary N) is 1. The van der Waals surface area contributed by atoms with Crippen molar-refractivity contribution < 1.29 is 21.6 Å². The molecule has 6 nitrogen and oxygen atoms in total. The van der Waals surface area contributed by atoms with E-state index in [0.717, 1.165) is 11.3 Å². The first-order valence-corrected chi connectivity index (χ1v) is 13.2. The van der Waals surface area contributed by atoms with E-state index in [1.807, 2.05) is 6.92 Å². The summed E-state index contributed by atoms with van der Waals surface area (Å²) in [5, 5.41) is 2.46. The monoisotopic (exact) mass is 457 g/mol. The predicted molar refractivity (Wildman–Crippen MR) is 111 cm³/mol. The molecule has 1 N–H and O–H groups in total. The van der Waals surface area contributed by atoms with Crippen molar-refractivity contribution >= 4 is 42.5 Å². The van der Waals surface area contributed by atoms with E-state index in [4.69, 9.17) is 4.74 Å². The molecule has 2 heterocycles. The van der Waals surface area contributed by atoms with Crippen LogP contribution in [0.4, 0.5) is 0 Å². The van der Waals surface area contributed by atoms with E-state index in [0.29, 0.717) is 17.2 Å². The lowest BCUT2D eigenvalue weighted by atomic mass is 10.3. The van der Waals surface area contributed by atoms with Gasteiger partial charge in [-0.3, -0.25) is 0 Å². The third-order valence-electron chi connectivity index (χ3n) is 3.91. The molecule has 0 saturated heterocycles. The Kier molecular flexibility index (Phi) is 6.56. The highest BCUT2D eigenvalue weighted by Gasteiger charge is 2.32. The van der Waals surface area contributed by atoms with Crippen LogP contribution in [0.2, 0.25) is 0 Å². The third-order valence-corrected chi connectivity index (χ3v) is 10.0. The average molecular weight is 458 g/mol. The minimum absolute atomic E-state index is 0.0504. The van der Waals surface area contributed by atoms with Crippen LogP contribution in [0.25, 0.3) is 0 Å². The van der Waals surface area contributed by atoms with E-state index < -0.39 is 25.1 Å². The van der Waals surface area contributed by atoms with Gasteiger partial charge in [0.05, 0.1) is 11.5 Å². The summed E-state index contributed by atoms with van der Waals surface area (Å²) in [5.41, 5.74) is 0. The molecule has 1 aromatic carbocycles. The van der Waals surface area contributed by atoms with E-state index in [1.165, 1.54) is 29.5 Å². The van der Waals surface area contributed by atoms with E-state index in [-0.39, 0.29) is 15.6 Å². The molecule has 10 heteroatoms. The van der Waals surface area contributed by atoms with E-state index in [9.17, 15) is 16.8 Å². The topological polar surface area (TPSA) is 89.5 Å². The molecule has 1 atom stereocenters. The molecule has 0 bridgehead atoms. The van der Waals surface area contributed by atoms with Gasteiger partial charge in [-0.2, -0.15) is 0 Å². The van der Waals surface area contributed by atoms with E-state index in [2.05, 4.69) is 4.72 Å². The van der Waals surface area contributed by atoms with Gasteiger partial charge in [0.25, 0.3) is 0 Å². The van der Waals surface area contributed by atoms with Crippen LogP contribution < -0.4 is 9.46 Å². The first kappa shape index (κ1) is 21.0. The minimum atomic E-state index is -3.87. The smallest absolute Gasteiger partial charge is 0.240 e. The lowest BCUT2D eigenvalue weighted by molar-refractivity contribution is 0.340. The molecule has 0 radical (unpaired) electrons. The molecule has 0 aliphatic rings. The Morgan fingerprint density at radius 2 is 1.64 bits per heavy atom. The lowest BCUT2D eigenvalue weighted by Crippen LogP contribution is -2.31. The molecule has 0 spiro atoms. The number of hydrogen-bond acceptors (Lipinski definition) is 7. The second-order valence-electron chi connectivity index (χ2n) is 5.74. The maximum Gasteiger partial charge on any atom is 0.240 e. The summed E-state index contributed by atoms with van der Waals surface area (Å²) in [7, 11) is -7.59. The quantitative estimate of drug-likeness (QED) is 0.529. The predicted octanol–water partition coefficient (Wildman–Crippen LogP) is 3.70. The van der Waals surface area contributed by atoms with E-state index >= 15 is 0 Å². The van der Waals surface area contributed by atoms with Gasteiger partial charge in [0.15, 0.2) is 9.84 Å². The van der Waals surface area contributed by atoms with Gasteiger partial charge in [-0.05, 0) is 54.1 Å². The van der Waals surface area contributed by atoms with Crippen LogP contribution in [0, 0.1) is 0 Å². The maximum atomic E-state index is 13.0. The third kappa shape index (κ3) is 4.64. The first-order valence-electron chi connectivity index (χ1n) is 8.38. The molecule has 0 aliphatic heterocycles. The zero-order valence-corrected chi connectivity index (χ0v) is 18.2. The molecule has 3 rings (SSSR count). The highest BCUT2D eigenvalue weighted by molar-refractivity contribution is 7.94. The molecule has 0 amide bonds. The summed E-state index contributed by atoms with van der Waals surface area (Å²) in [6.45, 7) is 2.06. The van der Waals surface area contributed by atoms with Crippen LogP contribution in [-0.2, 0) is 19.9 Å². The second kappa shape index (κ2) is 8.75. The largest absolute Gasteiger partial charge is 0.494 e. The molecule has 0 saturated carbocycles. The molecule has 0 unspecified atom stereocenters. The van der Waals surface area contributed by atoms with Gasteiger partial charge < -0.3 is 4.74 Å². The Labute approximate surface area is 172 Å². The van der Waals surface area contributed by atoms with E-state index in [1.54, 1.807) is 41.1 Å². The molecular weight excluding hydrogens is 438 g/mol. The highest BCUT2D eigenvalue weighted by atomic mass is 32.2. The van der Waals surface area contributed by atoms with Gasteiger partial charge in [-0.25, -0.2) is 21.6 Å². The fourth-order valence-corrected chi connectivity index (χ4v) is 7.70. The lowest BCUT2D eigenvalue weighted by Gasteiger charge is -2.16. The standard InChI is InChI=1S/C18H19NO5S4/c1-2-24-14-7-9-15(10-8-14)28(22,23)19-13-17(16-5-3-11-25-16)27(20,21)18-6-4-12-26-18/h3-12,17,19H,2,13H2,1H3/t17-/m1/s1. The van der Waals surface area contributed by atoms with Crippen molar-refractivity contribution in [1.29, 1.82) is 0 Å². The molecule has 2 aromatic heterocycles. The Morgan fingerprint density at radius 3 is 2.21 bits per heavy atom. The molecule has 0 aliphatic carbocycles. The Hall–Kier alpha value is -1.72. The molecule has 28 heavy (non-hydrogen) atoms. The van der Waals surface area contributed by atoms with Crippen molar-refractivity contribution in [2.75, 3.05) is 13.2 Å². The number of hydrogen-bond donors (Lipinski definition) is 1. The average Bonchev–Trinajstić information content (AvgIpc) is 3.37. The first-order chi connectivity index (χ1) is 13.3. The summed E-state index contributed by atoms with van der Waals surface area (Å²) in [5.74, 6) is 0.568. The van der Waals surface area contributed by atoms with Crippen molar-refractivity contribution in [2.24, 2.45) is 0 Å². The van der Waals surface area contributed by atoms with Crippen LogP contribution in [0.15, 0.2) is 68.4 Å². The van der Waals surface area contributed by atoms with Crippen LogP contribution in [0.1, 0.15) is 17.1 Å². The second-order valence-corrected chi connectivity index (χ2v) is 11.8. The van der Waals surface area contributed by atoms with Crippen LogP contribution >= 0.6 is 22.7 Å². The maximum absolute atomic E-state index is 13.0. The number of sulfonamides is 1. The fourth-order valence-electron chi connectivity index (χ4n) is 2.55. The number of benzene rings is 1. The summed E-state index contributed by atoms with van der Waals surface area (Å²) >= 11 is 2.40. The minimum Gasteiger partial charge on any atom is -0.494 e. The van der Waals surface area contributed by atoms with Gasteiger partial charge in [-0.15, -0.1) is 22.7 Å². The summed E-state index contributed by atoms with van der Waals surface area (Å²) in [6, 6.07) is 12.6. The van der Waals surface area contributed by atoms with Crippen molar-refractivity contribution in [3.05, 3.63) is 64.2 Å². The van der Waals surface area contributed by atoms with Crippen molar-refractivity contribution in [3.8, 4) is 5.75 Å². The van der Waals surface area contributed by atoms with Gasteiger partial charge >= 0.3 is 0 Å². The van der Waals surface area contributed by atoms with Crippen LogP contribution in [-0.4, -0.2) is 30.0 Å². The van der Waals surface area contributed by atoms with Crippen molar-refractivity contribution in [1.82, 2.24) is 4.72 Å². The number of ether oxygens (including phenoxy) is 1. The summed E-state index contributed by atoms with van der Waals surface area (Å²) in [6.07, 6.45) is 0. The number of thiophene rings is 2. The zero-order valence-electron chi connectivity index (χ0n) is 14.9. The molecule has 150 valence electrons. The fraction of sp³-hybridized carbons (Fsp3) is 0.222. The van der Waals surface area contributed by atoms with Gasteiger partial charge in [0.1, 0.15) is 15.2 Å². The summed E-state index contributed by atoms with van der Waals surface area (Å²) in [4.78, 5) is 0.636. The van der Waals surface area contributed by atoms with Crippen molar-refractivity contribution in [3.63, 3.8) is 0 Å². The number of sulfone groups is 1. The highest BCUT2D eigenvalue weighted by Crippen LogP contribution is 2.33. The normalized spacial score (nSPS) is 13.3. The van der Waals surface area contributed by atoms with Crippen LogP contribution in [0.5, 0.6) is 5.75 Å². The SMILES string of the molecule is CCOc1ccc(S(=O)(=O)NC[C@H](c2cccs2)S(=O)(=O)c2cccs2)cc1. The van der Waals surface area contributed by atoms with Gasteiger partial charge in [0, 0.05) is 11.4 Å². The Bertz CT molecular complexity index is 1090. The van der Waals surface area contributed by atoms with Crippen molar-refractivity contribution in [2.45, 2.75) is 21.3 Å². The Morgan fingerprint density at radius 1 is 0.964 bits per heavy atom. The molecular formula is C18H19NO5S4. The van der Waals surface area contributed by atoms with Crippen LogP contribution in [0.3, 0.4) is 0 Å².